The molecule has 102 valence electrons. The van der Waals surface area contributed by atoms with Crippen molar-refractivity contribution in [3.8, 4) is 0 Å². The molecule has 0 atom stereocenters. The fourth-order valence-corrected chi connectivity index (χ4v) is 3.59. The van der Waals surface area contributed by atoms with Crippen molar-refractivity contribution in [3.63, 3.8) is 0 Å². The highest BCUT2D eigenvalue weighted by molar-refractivity contribution is 8.76. The molecule has 0 heterocycles. The van der Waals surface area contributed by atoms with Gasteiger partial charge in [0.25, 0.3) is 0 Å². The predicted octanol–water partition coefficient (Wildman–Crippen LogP) is 6.80. The van der Waals surface area contributed by atoms with Gasteiger partial charge in [0, 0.05) is 11.5 Å². The molecule has 0 bridgehead atoms. The topological polar surface area (TPSA) is 0 Å². The second-order valence-corrected chi connectivity index (χ2v) is 6.47. The molecule has 16 heavy (non-hydrogen) atoms. The first-order valence-electron chi connectivity index (χ1n) is 6.16. The number of hydrogen-bond donors (Lipinski definition) is 0. The van der Waals surface area contributed by atoms with E-state index < -0.39 is 0 Å². The first-order chi connectivity index (χ1) is 6.91. The standard InChI is InChI=1S/C12H26S2.2CH4/c1-3-5-7-9-11-13-14-12-10-8-6-4-2;;/h3-12H2,1-2H3;2*1H4. The largest absolute Gasteiger partial charge is 0.0942 e. The molecule has 0 spiro atoms. The molecule has 0 aliphatic heterocycles. The zero-order chi connectivity index (χ0) is 10.5. The Bertz CT molecular complexity index is 82.7. The van der Waals surface area contributed by atoms with Gasteiger partial charge in [-0.2, -0.15) is 0 Å². The molecule has 0 fully saturated rings. The fraction of sp³-hybridized carbons (Fsp3) is 1.00. The Labute approximate surface area is 113 Å². The van der Waals surface area contributed by atoms with E-state index in [1.807, 2.05) is 0 Å². The second kappa shape index (κ2) is 21.0. The third-order valence-corrected chi connectivity index (χ3v) is 4.82. The summed E-state index contributed by atoms with van der Waals surface area (Å²) in [6.07, 6.45) is 11.2. The Morgan fingerprint density at radius 1 is 0.562 bits per heavy atom. The molecule has 0 nitrogen and oxygen atoms in total. The highest BCUT2D eigenvalue weighted by Gasteiger charge is 1.92. The molecule has 0 aromatic rings. The summed E-state index contributed by atoms with van der Waals surface area (Å²) in [6, 6.07) is 0. The fourth-order valence-electron chi connectivity index (χ4n) is 1.29. The monoisotopic (exact) mass is 266 g/mol. The van der Waals surface area contributed by atoms with Crippen molar-refractivity contribution in [2.75, 3.05) is 11.5 Å². The van der Waals surface area contributed by atoms with E-state index in [0.29, 0.717) is 0 Å². The average molecular weight is 267 g/mol. The van der Waals surface area contributed by atoms with Gasteiger partial charge in [-0.25, -0.2) is 0 Å². The Balaban J connectivity index is -0.000000845. The lowest BCUT2D eigenvalue weighted by Crippen LogP contribution is -1.81. The Morgan fingerprint density at radius 3 is 1.25 bits per heavy atom. The summed E-state index contributed by atoms with van der Waals surface area (Å²) < 4.78 is 0. The first-order valence-corrected chi connectivity index (χ1v) is 8.65. The molecule has 0 unspecified atom stereocenters. The number of rotatable bonds is 11. The van der Waals surface area contributed by atoms with Crippen LogP contribution in [0.15, 0.2) is 0 Å². The smallest absolute Gasteiger partial charge is 0.00369 e. The van der Waals surface area contributed by atoms with Gasteiger partial charge < -0.3 is 0 Å². The van der Waals surface area contributed by atoms with E-state index in [9.17, 15) is 0 Å². The van der Waals surface area contributed by atoms with Crippen LogP contribution in [0.5, 0.6) is 0 Å². The molecule has 0 aliphatic carbocycles. The summed E-state index contributed by atoms with van der Waals surface area (Å²) in [4.78, 5) is 0. The lowest BCUT2D eigenvalue weighted by Gasteiger charge is -2.00. The van der Waals surface area contributed by atoms with Gasteiger partial charge >= 0.3 is 0 Å². The molecule has 2 heteroatoms. The molecule has 0 amide bonds. The summed E-state index contributed by atoms with van der Waals surface area (Å²) in [5.41, 5.74) is 0. The van der Waals surface area contributed by atoms with Crippen molar-refractivity contribution in [2.24, 2.45) is 0 Å². The van der Waals surface area contributed by atoms with Gasteiger partial charge in [-0.05, 0) is 12.8 Å². The minimum atomic E-state index is 0. The van der Waals surface area contributed by atoms with Crippen molar-refractivity contribution in [1.82, 2.24) is 0 Å². The summed E-state index contributed by atoms with van der Waals surface area (Å²) in [6.45, 7) is 4.55. The van der Waals surface area contributed by atoms with Gasteiger partial charge in [0.15, 0.2) is 0 Å². The van der Waals surface area contributed by atoms with Gasteiger partial charge in [0.05, 0.1) is 0 Å². The van der Waals surface area contributed by atoms with E-state index in [1.54, 1.807) is 0 Å². The van der Waals surface area contributed by atoms with Crippen LogP contribution in [0, 0.1) is 0 Å². The van der Waals surface area contributed by atoms with Crippen LogP contribution in [-0.2, 0) is 0 Å². The van der Waals surface area contributed by atoms with Gasteiger partial charge in [-0.15, -0.1) is 0 Å². The van der Waals surface area contributed by atoms with Crippen molar-refractivity contribution in [1.29, 1.82) is 0 Å². The van der Waals surface area contributed by atoms with Crippen LogP contribution in [-0.4, -0.2) is 11.5 Å². The van der Waals surface area contributed by atoms with Crippen LogP contribution in [0.2, 0.25) is 0 Å². The van der Waals surface area contributed by atoms with Crippen molar-refractivity contribution in [3.05, 3.63) is 0 Å². The summed E-state index contributed by atoms with van der Waals surface area (Å²) >= 11 is 0. The minimum Gasteiger partial charge on any atom is -0.0942 e. The van der Waals surface area contributed by atoms with Crippen molar-refractivity contribution in [2.45, 2.75) is 80.1 Å². The summed E-state index contributed by atoms with van der Waals surface area (Å²) in [7, 11) is 4.16. The third-order valence-electron chi connectivity index (χ3n) is 2.25. The molecular weight excluding hydrogens is 232 g/mol. The predicted molar refractivity (Wildman–Crippen MR) is 86.7 cm³/mol. The van der Waals surface area contributed by atoms with Gasteiger partial charge in [-0.3, -0.25) is 0 Å². The van der Waals surface area contributed by atoms with Crippen LogP contribution >= 0.6 is 21.6 Å². The Kier molecular flexibility index (Phi) is 28.8. The third kappa shape index (κ3) is 20.2. The van der Waals surface area contributed by atoms with E-state index in [0.717, 1.165) is 0 Å². The summed E-state index contributed by atoms with van der Waals surface area (Å²) in [5.74, 6) is 2.72. The van der Waals surface area contributed by atoms with Crippen LogP contribution in [0.4, 0.5) is 0 Å². The van der Waals surface area contributed by atoms with Gasteiger partial charge in [-0.1, -0.05) is 88.8 Å². The maximum Gasteiger partial charge on any atom is 0.00369 e. The molecule has 0 rings (SSSR count). The van der Waals surface area contributed by atoms with Crippen LogP contribution in [0.25, 0.3) is 0 Å². The lowest BCUT2D eigenvalue weighted by atomic mass is 10.2. The van der Waals surface area contributed by atoms with E-state index in [-0.39, 0.29) is 14.9 Å². The zero-order valence-electron chi connectivity index (χ0n) is 9.89. The quantitative estimate of drug-likeness (QED) is 0.298. The van der Waals surface area contributed by atoms with E-state index in [4.69, 9.17) is 0 Å². The van der Waals surface area contributed by atoms with E-state index in [1.165, 1.54) is 62.9 Å². The average Bonchev–Trinajstić information content (AvgIpc) is 2.21. The van der Waals surface area contributed by atoms with E-state index >= 15 is 0 Å². The molecule has 0 aromatic heterocycles. The summed E-state index contributed by atoms with van der Waals surface area (Å²) in [5, 5.41) is 0. The molecule has 0 radical (unpaired) electrons. The number of hydrogen-bond acceptors (Lipinski definition) is 2. The van der Waals surface area contributed by atoms with Crippen molar-refractivity contribution < 1.29 is 0 Å². The zero-order valence-corrected chi connectivity index (χ0v) is 11.5. The molecule has 0 saturated heterocycles. The molecule has 0 saturated carbocycles. The second-order valence-electron chi connectivity index (χ2n) is 3.77. The highest BCUT2D eigenvalue weighted by Crippen LogP contribution is 2.24. The lowest BCUT2D eigenvalue weighted by molar-refractivity contribution is 0.706. The maximum atomic E-state index is 2.27. The van der Waals surface area contributed by atoms with E-state index in [2.05, 4.69) is 35.4 Å². The van der Waals surface area contributed by atoms with Gasteiger partial charge in [0.1, 0.15) is 0 Å². The molecular formula is C14H34S2. The molecule has 0 aromatic carbocycles. The minimum absolute atomic E-state index is 0. The molecule has 0 N–H and O–H groups in total. The highest BCUT2D eigenvalue weighted by atomic mass is 33.1. The normalized spacial score (nSPS) is 9.38. The van der Waals surface area contributed by atoms with Crippen LogP contribution in [0.1, 0.15) is 80.1 Å². The number of unbranched alkanes of at least 4 members (excludes halogenated alkanes) is 6. The van der Waals surface area contributed by atoms with Crippen LogP contribution in [0.3, 0.4) is 0 Å². The SMILES string of the molecule is C.C.CCCCCCSSCCCCCC. The Hall–Kier alpha value is 0.700. The van der Waals surface area contributed by atoms with Crippen LogP contribution < -0.4 is 0 Å². The maximum absolute atomic E-state index is 2.27. The molecule has 0 aliphatic rings. The Morgan fingerprint density at radius 2 is 0.938 bits per heavy atom. The first kappa shape index (κ1) is 21.9. The van der Waals surface area contributed by atoms with Gasteiger partial charge in [0.2, 0.25) is 0 Å². The van der Waals surface area contributed by atoms with Crippen molar-refractivity contribution >= 4 is 21.6 Å².